The van der Waals surface area contributed by atoms with Crippen molar-refractivity contribution < 1.29 is 31.8 Å². The van der Waals surface area contributed by atoms with Crippen LogP contribution in [0.3, 0.4) is 0 Å². The third-order valence-electron chi connectivity index (χ3n) is 8.41. The van der Waals surface area contributed by atoms with E-state index in [0.717, 1.165) is 5.56 Å². The molecule has 45 heavy (non-hydrogen) atoms. The Morgan fingerprint density at radius 1 is 0.978 bits per heavy atom. The molecule has 2 N–H and O–H groups in total. The molecule has 0 aliphatic heterocycles. The second-order valence-electron chi connectivity index (χ2n) is 12.4. The molecule has 1 aromatic heterocycles. The lowest BCUT2D eigenvalue weighted by Gasteiger charge is -2.40. The minimum Gasteiger partial charge on any atom is -0.497 e. The Balaban J connectivity index is 1.59. The summed E-state index contributed by atoms with van der Waals surface area (Å²) in [5, 5.41) is 14.5. The Morgan fingerprint density at radius 3 is 2.20 bits per heavy atom. The maximum Gasteiger partial charge on any atom is 0.248 e. The van der Waals surface area contributed by atoms with E-state index in [0.29, 0.717) is 11.4 Å². The van der Waals surface area contributed by atoms with Crippen molar-refractivity contribution >= 4 is 15.9 Å². The standard InChI is InChI=1S/C34H43F2N3O5S/c1-25(2)23-39(45(42,43)28-14-12-27(44-3)13-15-28)24-30(40)29(21-26-9-5-4-6-10-26)38-32(41)22-33(31-11-7-8-20-37-31)16-18-34(35,36)19-17-33/h4-15,20,25,29-30,40H,16-19,21-24H2,1-3H3,(H,38,41)/t29-,30+/m0/s1. The number of carbonyl (C=O) groups excluding carboxylic acids is 1. The fourth-order valence-electron chi connectivity index (χ4n) is 5.92. The van der Waals surface area contributed by atoms with Gasteiger partial charge in [0.2, 0.25) is 21.9 Å². The second-order valence-corrected chi connectivity index (χ2v) is 14.3. The van der Waals surface area contributed by atoms with E-state index in [2.05, 4.69) is 10.3 Å². The number of aromatic nitrogens is 1. The molecule has 11 heteroatoms. The molecule has 1 aliphatic carbocycles. The summed E-state index contributed by atoms with van der Waals surface area (Å²) >= 11 is 0. The highest BCUT2D eigenvalue weighted by atomic mass is 32.2. The first-order valence-corrected chi connectivity index (χ1v) is 16.7. The first kappa shape index (κ1) is 34.5. The van der Waals surface area contributed by atoms with Crippen LogP contribution in [-0.2, 0) is 26.7 Å². The molecule has 0 unspecified atom stereocenters. The molecule has 244 valence electrons. The number of aliphatic hydroxyl groups is 1. The third kappa shape index (κ3) is 9.08. The summed E-state index contributed by atoms with van der Waals surface area (Å²) in [4.78, 5) is 18.2. The van der Waals surface area contributed by atoms with Crippen LogP contribution in [-0.4, -0.2) is 67.0 Å². The number of carbonyl (C=O) groups is 1. The van der Waals surface area contributed by atoms with Gasteiger partial charge in [0.15, 0.2) is 0 Å². The quantitative estimate of drug-likeness (QED) is 0.245. The number of hydrogen-bond acceptors (Lipinski definition) is 6. The number of amides is 1. The van der Waals surface area contributed by atoms with Gasteiger partial charge in [0, 0.05) is 49.7 Å². The van der Waals surface area contributed by atoms with Crippen LogP contribution in [0.4, 0.5) is 8.78 Å². The summed E-state index contributed by atoms with van der Waals surface area (Å²) in [6.45, 7) is 3.66. The zero-order valence-electron chi connectivity index (χ0n) is 26.0. The predicted molar refractivity (Wildman–Crippen MR) is 169 cm³/mol. The molecule has 2 atom stereocenters. The Labute approximate surface area is 264 Å². The molecule has 8 nitrogen and oxygen atoms in total. The summed E-state index contributed by atoms with van der Waals surface area (Å²) in [5.41, 5.74) is 0.549. The number of aliphatic hydroxyl groups excluding tert-OH is 1. The van der Waals surface area contributed by atoms with Crippen molar-refractivity contribution in [2.45, 2.75) is 80.8 Å². The molecule has 0 saturated heterocycles. The van der Waals surface area contributed by atoms with E-state index in [1.165, 1.54) is 23.5 Å². The van der Waals surface area contributed by atoms with Crippen molar-refractivity contribution in [3.8, 4) is 5.75 Å². The van der Waals surface area contributed by atoms with Crippen molar-refractivity contribution in [3.05, 3.63) is 90.3 Å². The number of rotatable bonds is 14. The van der Waals surface area contributed by atoms with E-state index >= 15 is 0 Å². The number of nitrogens with one attached hydrogen (secondary N) is 1. The lowest BCUT2D eigenvalue weighted by Crippen LogP contribution is -2.52. The van der Waals surface area contributed by atoms with Gasteiger partial charge >= 0.3 is 0 Å². The minimum absolute atomic E-state index is 0.0463. The molecular weight excluding hydrogens is 600 g/mol. The third-order valence-corrected chi connectivity index (χ3v) is 10.3. The largest absolute Gasteiger partial charge is 0.497 e. The normalized spacial score (nSPS) is 17.5. The molecule has 2 aromatic carbocycles. The SMILES string of the molecule is COc1ccc(S(=O)(=O)N(CC(C)C)C[C@@H](O)[C@H](Cc2ccccc2)NC(=O)CC2(c3ccccn3)CCC(F)(F)CC2)cc1. The van der Waals surface area contributed by atoms with E-state index < -0.39 is 39.4 Å². The van der Waals surface area contributed by atoms with E-state index in [-0.39, 0.29) is 62.4 Å². The van der Waals surface area contributed by atoms with Crippen LogP contribution >= 0.6 is 0 Å². The average molecular weight is 644 g/mol. The number of benzene rings is 2. The Bertz CT molecular complexity index is 1480. The highest BCUT2D eigenvalue weighted by molar-refractivity contribution is 7.89. The van der Waals surface area contributed by atoms with Gasteiger partial charge in [0.25, 0.3) is 0 Å². The fraction of sp³-hybridized carbons (Fsp3) is 0.471. The monoisotopic (exact) mass is 643 g/mol. The molecule has 0 spiro atoms. The first-order valence-electron chi connectivity index (χ1n) is 15.3. The predicted octanol–water partition coefficient (Wildman–Crippen LogP) is 5.36. The molecule has 4 rings (SSSR count). The topological polar surface area (TPSA) is 109 Å². The first-order chi connectivity index (χ1) is 21.3. The number of ether oxygens (including phenoxy) is 1. The van der Waals surface area contributed by atoms with Gasteiger partial charge in [-0.1, -0.05) is 50.2 Å². The van der Waals surface area contributed by atoms with Crippen molar-refractivity contribution in [3.63, 3.8) is 0 Å². The Morgan fingerprint density at radius 2 is 1.62 bits per heavy atom. The van der Waals surface area contributed by atoms with Crippen LogP contribution in [0.15, 0.2) is 83.9 Å². The van der Waals surface area contributed by atoms with Gasteiger partial charge in [-0.3, -0.25) is 9.78 Å². The lowest BCUT2D eigenvalue weighted by molar-refractivity contribution is -0.126. The lowest BCUT2D eigenvalue weighted by atomic mass is 9.68. The van der Waals surface area contributed by atoms with Crippen molar-refractivity contribution in [2.75, 3.05) is 20.2 Å². The van der Waals surface area contributed by atoms with E-state index in [4.69, 9.17) is 4.74 Å². The molecule has 1 fully saturated rings. The summed E-state index contributed by atoms with van der Waals surface area (Å²) < 4.78 is 62.3. The molecular formula is C34H43F2N3O5S. The minimum atomic E-state index is -4.00. The second kappa shape index (κ2) is 14.8. The maximum atomic E-state index is 14.2. The van der Waals surface area contributed by atoms with Gasteiger partial charge < -0.3 is 15.2 Å². The molecule has 1 amide bonds. The van der Waals surface area contributed by atoms with Crippen LogP contribution in [0.25, 0.3) is 0 Å². The number of hydrogen-bond donors (Lipinski definition) is 2. The number of halogens is 2. The smallest absolute Gasteiger partial charge is 0.248 e. The van der Waals surface area contributed by atoms with Crippen LogP contribution in [0.2, 0.25) is 0 Å². The van der Waals surface area contributed by atoms with Crippen molar-refractivity contribution in [1.82, 2.24) is 14.6 Å². The number of alkyl halides is 2. The van der Waals surface area contributed by atoms with Gasteiger partial charge in [0.1, 0.15) is 5.75 Å². The highest BCUT2D eigenvalue weighted by Crippen LogP contribution is 2.46. The molecule has 1 heterocycles. The van der Waals surface area contributed by atoms with Gasteiger partial charge in [-0.15, -0.1) is 0 Å². The number of pyridine rings is 1. The Hall–Kier alpha value is -3.41. The number of methoxy groups -OCH3 is 1. The maximum absolute atomic E-state index is 14.2. The molecule has 0 radical (unpaired) electrons. The molecule has 1 saturated carbocycles. The summed E-state index contributed by atoms with van der Waals surface area (Å²) in [6.07, 6.45) is -0.0329. The number of nitrogens with zero attached hydrogens (tertiary/aromatic N) is 2. The van der Waals surface area contributed by atoms with E-state index in [9.17, 15) is 27.1 Å². The Kier molecular flexibility index (Phi) is 11.3. The average Bonchev–Trinajstić information content (AvgIpc) is 3.02. The van der Waals surface area contributed by atoms with Gasteiger partial charge in [-0.05, 0) is 67.1 Å². The van der Waals surface area contributed by atoms with Gasteiger partial charge in [0.05, 0.1) is 24.2 Å². The van der Waals surface area contributed by atoms with E-state index in [1.807, 2.05) is 44.2 Å². The summed E-state index contributed by atoms with van der Waals surface area (Å²) in [6, 6.07) is 19.8. The van der Waals surface area contributed by atoms with Crippen LogP contribution in [0.1, 0.15) is 57.2 Å². The summed E-state index contributed by atoms with van der Waals surface area (Å²) in [5.74, 6) is -2.75. The zero-order valence-corrected chi connectivity index (χ0v) is 26.8. The fourth-order valence-corrected chi connectivity index (χ4v) is 7.54. The summed E-state index contributed by atoms with van der Waals surface area (Å²) in [7, 11) is -2.51. The zero-order chi connectivity index (χ0) is 32.7. The van der Waals surface area contributed by atoms with Gasteiger partial charge in [-0.25, -0.2) is 17.2 Å². The van der Waals surface area contributed by atoms with Gasteiger partial charge in [-0.2, -0.15) is 4.31 Å². The van der Waals surface area contributed by atoms with Crippen LogP contribution in [0.5, 0.6) is 5.75 Å². The van der Waals surface area contributed by atoms with Crippen LogP contribution in [0, 0.1) is 5.92 Å². The van der Waals surface area contributed by atoms with Crippen LogP contribution < -0.4 is 10.1 Å². The number of sulfonamides is 1. The molecule has 1 aliphatic rings. The van der Waals surface area contributed by atoms with Crippen molar-refractivity contribution in [2.24, 2.45) is 5.92 Å². The molecule has 3 aromatic rings. The highest BCUT2D eigenvalue weighted by Gasteiger charge is 2.46. The van der Waals surface area contributed by atoms with E-state index in [1.54, 1.807) is 36.5 Å². The molecule has 0 bridgehead atoms. The van der Waals surface area contributed by atoms with Crippen molar-refractivity contribution in [1.29, 1.82) is 0 Å².